The predicted octanol–water partition coefficient (Wildman–Crippen LogP) is 6.39. The Morgan fingerprint density at radius 2 is 1.94 bits per heavy atom. The Hall–Kier alpha value is -3.24. The van der Waals surface area contributed by atoms with E-state index in [1.807, 2.05) is 0 Å². The van der Waals surface area contributed by atoms with E-state index < -0.39 is 35.5 Å². The molecule has 0 aliphatic carbocycles. The molecule has 3 N–H and O–H groups in total. The molecule has 1 aliphatic heterocycles. The fourth-order valence-corrected chi connectivity index (χ4v) is 4.06. The van der Waals surface area contributed by atoms with Gasteiger partial charge in [0.15, 0.2) is 0 Å². The molecule has 1 fully saturated rings. The lowest BCUT2D eigenvalue weighted by Crippen LogP contribution is -2.15. The van der Waals surface area contributed by atoms with E-state index in [2.05, 4.69) is 10.3 Å². The largest absolute Gasteiger partial charge is 0.433 e. The van der Waals surface area contributed by atoms with Crippen LogP contribution in [0, 0.1) is 11.6 Å². The van der Waals surface area contributed by atoms with E-state index in [4.69, 9.17) is 22.1 Å². The average Bonchev–Trinajstić information content (AvgIpc) is 3.29. The van der Waals surface area contributed by atoms with Crippen molar-refractivity contribution in [2.75, 3.05) is 17.7 Å². The summed E-state index contributed by atoms with van der Waals surface area (Å²) in [6.07, 6.45) is -2.97. The number of hydrogen-bond acceptors (Lipinski definition) is 4. The summed E-state index contributed by atoms with van der Waals surface area (Å²) >= 11 is 6.25. The van der Waals surface area contributed by atoms with Gasteiger partial charge in [0.1, 0.15) is 17.3 Å². The number of halogens is 6. The zero-order valence-electron chi connectivity index (χ0n) is 17.3. The second kappa shape index (κ2) is 9.19. The van der Waals surface area contributed by atoms with Crippen LogP contribution >= 0.6 is 11.6 Å². The Bertz CT molecular complexity index is 1260. The first-order chi connectivity index (χ1) is 16.0. The molecule has 34 heavy (non-hydrogen) atoms. The van der Waals surface area contributed by atoms with Gasteiger partial charge < -0.3 is 15.8 Å². The number of alkyl halides is 3. The number of ether oxygens (including phenoxy) is 1. The lowest BCUT2D eigenvalue weighted by molar-refractivity contribution is -0.141. The molecule has 1 amide bonds. The van der Waals surface area contributed by atoms with Crippen molar-refractivity contribution < 1.29 is 31.5 Å². The number of anilines is 2. The van der Waals surface area contributed by atoms with E-state index in [9.17, 15) is 22.4 Å². The van der Waals surface area contributed by atoms with Gasteiger partial charge in [-0.3, -0.25) is 9.78 Å². The maximum absolute atomic E-state index is 15.2. The van der Waals surface area contributed by atoms with Crippen molar-refractivity contribution in [1.29, 1.82) is 0 Å². The molecular weight excluding hydrogens is 481 g/mol. The molecule has 1 saturated heterocycles. The molecule has 1 aliphatic rings. The van der Waals surface area contributed by atoms with Gasteiger partial charge in [-0.15, -0.1) is 0 Å². The van der Waals surface area contributed by atoms with Gasteiger partial charge in [0.05, 0.1) is 16.7 Å². The van der Waals surface area contributed by atoms with Gasteiger partial charge >= 0.3 is 6.18 Å². The summed E-state index contributed by atoms with van der Waals surface area (Å²) in [7, 11) is 0. The summed E-state index contributed by atoms with van der Waals surface area (Å²) in [6.45, 7) is 0.466. The zero-order valence-corrected chi connectivity index (χ0v) is 18.1. The van der Waals surface area contributed by atoms with Crippen molar-refractivity contribution in [3.05, 3.63) is 76.1 Å². The molecule has 0 bridgehead atoms. The highest BCUT2D eigenvalue weighted by atomic mass is 35.5. The third-order valence-corrected chi connectivity index (χ3v) is 5.63. The molecule has 2 aromatic carbocycles. The summed E-state index contributed by atoms with van der Waals surface area (Å²) in [5.74, 6) is -2.41. The van der Waals surface area contributed by atoms with E-state index in [0.29, 0.717) is 24.7 Å². The van der Waals surface area contributed by atoms with Crippen LogP contribution in [0.15, 0.2) is 42.6 Å². The van der Waals surface area contributed by atoms with Gasteiger partial charge in [0.2, 0.25) is 0 Å². The van der Waals surface area contributed by atoms with Crippen molar-refractivity contribution in [1.82, 2.24) is 4.98 Å². The smallest absolute Gasteiger partial charge is 0.398 e. The van der Waals surface area contributed by atoms with Gasteiger partial charge in [0, 0.05) is 35.3 Å². The Kier molecular flexibility index (Phi) is 6.46. The van der Waals surface area contributed by atoms with E-state index >= 15 is 4.39 Å². The van der Waals surface area contributed by atoms with Crippen LogP contribution < -0.4 is 11.1 Å². The lowest BCUT2D eigenvalue weighted by atomic mass is 9.92. The zero-order chi connectivity index (χ0) is 24.6. The Morgan fingerprint density at radius 1 is 1.18 bits per heavy atom. The number of rotatable bonds is 4. The van der Waals surface area contributed by atoms with E-state index in [0.717, 1.165) is 30.8 Å². The van der Waals surface area contributed by atoms with Crippen LogP contribution in [0.2, 0.25) is 5.02 Å². The maximum atomic E-state index is 15.2. The first-order valence-corrected chi connectivity index (χ1v) is 10.5. The standard InChI is InChI=1S/C23H17ClF5N3O2/c24-16-9-14(21-15(19-2-1-5-34-19)6-11(25)7-18(21)30)17(26)10-13(16)22(33)32-12-3-4-31-20(8-12)23(27,28)29/h3-4,6-10,19H,1-2,5,30H2,(H,31,32,33). The van der Waals surface area contributed by atoms with Crippen LogP contribution in [0.1, 0.15) is 40.6 Å². The number of hydrogen-bond donors (Lipinski definition) is 2. The van der Waals surface area contributed by atoms with Crippen molar-refractivity contribution in [2.24, 2.45) is 0 Å². The molecule has 2 heterocycles. The van der Waals surface area contributed by atoms with Crippen molar-refractivity contribution in [3.8, 4) is 11.1 Å². The van der Waals surface area contributed by atoms with Crippen LogP contribution in [-0.2, 0) is 10.9 Å². The number of nitrogen functional groups attached to an aromatic ring is 1. The molecular formula is C23H17ClF5N3O2. The third-order valence-electron chi connectivity index (χ3n) is 5.32. The first-order valence-electron chi connectivity index (χ1n) is 10.1. The number of nitrogens with two attached hydrogens (primary N) is 1. The van der Waals surface area contributed by atoms with Gasteiger partial charge in [-0.25, -0.2) is 8.78 Å². The molecule has 0 radical (unpaired) electrons. The van der Waals surface area contributed by atoms with Gasteiger partial charge in [-0.05, 0) is 54.8 Å². The number of carbonyl (C=O) groups is 1. The monoisotopic (exact) mass is 497 g/mol. The maximum Gasteiger partial charge on any atom is 0.433 e. The molecule has 0 saturated carbocycles. The minimum Gasteiger partial charge on any atom is -0.398 e. The van der Waals surface area contributed by atoms with Gasteiger partial charge in [-0.2, -0.15) is 13.2 Å². The minimum absolute atomic E-state index is 0.0332. The highest BCUT2D eigenvalue weighted by molar-refractivity contribution is 6.34. The van der Waals surface area contributed by atoms with E-state index in [-0.39, 0.29) is 33.1 Å². The first kappa shape index (κ1) is 23.9. The lowest BCUT2D eigenvalue weighted by Gasteiger charge is -2.19. The number of aromatic nitrogens is 1. The number of pyridine rings is 1. The topological polar surface area (TPSA) is 77.2 Å². The fraction of sp³-hybridized carbons (Fsp3) is 0.217. The summed E-state index contributed by atoms with van der Waals surface area (Å²) in [5, 5.41) is 2.07. The highest BCUT2D eigenvalue weighted by Crippen LogP contribution is 2.42. The Morgan fingerprint density at radius 3 is 2.62 bits per heavy atom. The second-order valence-corrected chi connectivity index (χ2v) is 8.06. The molecule has 1 unspecified atom stereocenters. The normalized spacial score (nSPS) is 16.0. The predicted molar refractivity (Wildman–Crippen MR) is 116 cm³/mol. The molecule has 178 valence electrons. The molecule has 11 heteroatoms. The van der Waals surface area contributed by atoms with Crippen LogP contribution in [0.4, 0.5) is 33.3 Å². The Labute approximate surface area is 195 Å². The third kappa shape index (κ3) is 4.83. The molecule has 4 rings (SSSR count). The minimum atomic E-state index is -4.71. The molecule has 0 spiro atoms. The number of benzene rings is 2. The number of nitrogens with one attached hydrogen (secondary N) is 1. The number of nitrogens with zero attached hydrogens (tertiary/aromatic N) is 1. The molecule has 3 aromatic rings. The van der Waals surface area contributed by atoms with Crippen LogP contribution in [0.3, 0.4) is 0 Å². The summed E-state index contributed by atoms with van der Waals surface area (Å²) < 4.78 is 73.5. The van der Waals surface area contributed by atoms with Gasteiger partial charge in [-0.1, -0.05) is 11.6 Å². The fourth-order valence-electron chi connectivity index (χ4n) is 3.81. The van der Waals surface area contributed by atoms with Crippen LogP contribution in [-0.4, -0.2) is 17.5 Å². The van der Waals surface area contributed by atoms with Crippen molar-refractivity contribution >= 4 is 28.9 Å². The Balaban J connectivity index is 1.70. The van der Waals surface area contributed by atoms with E-state index in [1.54, 1.807) is 0 Å². The quantitative estimate of drug-likeness (QED) is 0.324. The average molecular weight is 498 g/mol. The summed E-state index contributed by atoms with van der Waals surface area (Å²) in [5.41, 5.74) is 4.76. The molecule has 5 nitrogen and oxygen atoms in total. The molecule has 1 aromatic heterocycles. The van der Waals surface area contributed by atoms with Crippen LogP contribution in [0.25, 0.3) is 11.1 Å². The number of amides is 1. The highest BCUT2D eigenvalue weighted by Gasteiger charge is 2.33. The summed E-state index contributed by atoms with van der Waals surface area (Å²) in [6, 6.07) is 6.08. The number of carbonyl (C=O) groups excluding carboxylic acids is 1. The summed E-state index contributed by atoms with van der Waals surface area (Å²) in [4.78, 5) is 15.8. The van der Waals surface area contributed by atoms with Crippen molar-refractivity contribution in [2.45, 2.75) is 25.1 Å². The van der Waals surface area contributed by atoms with Gasteiger partial charge in [0.25, 0.3) is 5.91 Å². The molecule has 1 atom stereocenters. The van der Waals surface area contributed by atoms with Crippen LogP contribution in [0.5, 0.6) is 0 Å². The SMILES string of the molecule is Nc1cc(F)cc(C2CCCO2)c1-c1cc(Cl)c(C(=O)Nc2ccnc(C(F)(F)F)c2)cc1F. The second-order valence-electron chi connectivity index (χ2n) is 7.65. The van der Waals surface area contributed by atoms with Crippen molar-refractivity contribution in [3.63, 3.8) is 0 Å². The van der Waals surface area contributed by atoms with E-state index in [1.165, 1.54) is 12.1 Å².